The molecule has 6 nitrogen and oxygen atoms in total. The van der Waals surface area contributed by atoms with Gasteiger partial charge >= 0.3 is 5.97 Å². The Kier molecular flexibility index (Phi) is 10.6. The zero-order valence-electron chi connectivity index (χ0n) is 16.5. The molecule has 0 aliphatic rings. The van der Waals surface area contributed by atoms with E-state index in [1.54, 1.807) is 12.1 Å². The van der Waals surface area contributed by atoms with Gasteiger partial charge in [0.2, 0.25) is 5.78 Å². The van der Waals surface area contributed by atoms with Crippen molar-refractivity contribution < 1.29 is 24.3 Å². The molecule has 28 heavy (non-hydrogen) atoms. The lowest BCUT2D eigenvalue weighted by Crippen LogP contribution is -2.11. The number of hydrogen-bond donors (Lipinski definition) is 1. The van der Waals surface area contributed by atoms with Crippen LogP contribution in [0.3, 0.4) is 0 Å². The maximum Gasteiger partial charge on any atom is 0.331 e. The monoisotopic (exact) mass is 403 g/mol. The van der Waals surface area contributed by atoms with Gasteiger partial charge < -0.3 is 14.7 Å². The summed E-state index contributed by atoms with van der Waals surface area (Å²) in [5.74, 6) is -0.190. The number of hydrogen-bond acceptors (Lipinski definition) is 7. The molecule has 7 heteroatoms. The average Bonchev–Trinajstić information content (AvgIpc) is 2.72. The Morgan fingerprint density at radius 3 is 2.32 bits per heavy atom. The van der Waals surface area contributed by atoms with Gasteiger partial charge in [-0.15, -0.1) is 0 Å². The molecule has 2 rings (SSSR count). The number of ketones is 1. The van der Waals surface area contributed by atoms with Crippen LogP contribution < -0.4 is 4.74 Å². The van der Waals surface area contributed by atoms with Gasteiger partial charge in [0, 0.05) is 22.3 Å². The zero-order chi connectivity index (χ0) is 20.9. The first-order valence-corrected chi connectivity index (χ1v) is 9.70. The van der Waals surface area contributed by atoms with Crippen molar-refractivity contribution in [2.45, 2.75) is 37.5 Å². The van der Waals surface area contributed by atoms with E-state index in [-0.39, 0.29) is 24.7 Å². The summed E-state index contributed by atoms with van der Waals surface area (Å²) in [6, 6.07) is 14.6. The highest BCUT2D eigenvalue weighted by atomic mass is 32.2. The number of carbonyl (C=O) groups excluding carboxylic acids is 2. The molecule has 150 valence electrons. The van der Waals surface area contributed by atoms with Crippen LogP contribution in [0.4, 0.5) is 0 Å². The third-order valence-electron chi connectivity index (χ3n) is 3.16. The first-order valence-electron chi connectivity index (χ1n) is 8.88. The standard InChI is InChI=1S/C19H19NO5S.C2H6/c1-13(20-25-14(2)22)19(23)15-6-8-17(9-7-15)26-18-5-3-4-16(12-18)24-11-10-21;1-2/h3-9,12,21H,10-11H2,1-2H3;1-2H3/b20-13+;. The van der Waals surface area contributed by atoms with Gasteiger partial charge in [-0.25, -0.2) is 4.79 Å². The van der Waals surface area contributed by atoms with E-state index in [0.717, 1.165) is 9.79 Å². The first kappa shape index (κ1) is 23.4. The van der Waals surface area contributed by atoms with Crippen molar-refractivity contribution >= 4 is 29.2 Å². The maximum atomic E-state index is 12.2. The Morgan fingerprint density at radius 1 is 1.04 bits per heavy atom. The number of benzene rings is 2. The van der Waals surface area contributed by atoms with Gasteiger partial charge in [-0.3, -0.25) is 4.79 Å². The van der Waals surface area contributed by atoms with Gasteiger partial charge in [-0.1, -0.05) is 36.8 Å². The summed E-state index contributed by atoms with van der Waals surface area (Å²) in [7, 11) is 0. The van der Waals surface area contributed by atoms with Crippen molar-refractivity contribution in [2.24, 2.45) is 5.16 Å². The number of carbonyl (C=O) groups is 2. The van der Waals surface area contributed by atoms with Crippen LogP contribution >= 0.6 is 11.8 Å². The lowest BCUT2D eigenvalue weighted by atomic mass is 10.1. The molecule has 0 unspecified atom stereocenters. The molecular formula is C21H25NO5S. The van der Waals surface area contributed by atoms with Crippen molar-refractivity contribution in [2.75, 3.05) is 13.2 Å². The molecule has 0 atom stereocenters. The molecule has 0 heterocycles. The van der Waals surface area contributed by atoms with Crippen LogP contribution in [0.5, 0.6) is 5.75 Å². The summed E-state index contributed by atoms with van der Waals surface area (Å²) in [6.45, 7) is 6.93. The van der Waals surface area contributed by atoms with Gasteiger partial charge in [-0.05, 0) is 49.4 Å². The van der Waals surface area contributed by atoms with E-state index in [1.807, 2.05) is 50.2 Å². The first-order chi connectivity index (χ1) is 13.5. The summed E-state index contributed by atoms with van der Waals surface area (Å²) in [4.78, 5) is 29.4. The summed E-state index contributed by atoms with van der Waals surface area (Å²) in [6.07, 6.45) is 0. The predicted octanol–water partition coefficient (Wildman–Crippen LogP) is 4.36. The maximum absolute atomic E-state index is 12.2. The lowest BCUT2D eigenvalue weighted by molar-refractivity contribution is -0.140. The van der Waals surface area contributed by atoms with E-state index in [4.69, 9.17) is 9.84 Å². The SMILES string of the molecule is CC.CC(=O)O/N=C(\C)C(=O)c1ccc(Sc2cccc(OCCO)c2)cc1. The Hall–Kier alpha value is -2.64. The van der Waals surface area contributed by atoms with Crippen LogP contribution in [0.1, 0.15) is 38.1 Å². The van der Waals surface area contributed by atoms with Crippen LogP contribution in [0.25, 0.3) is 0 Å². The molecule has 0 amide bonds. The average molecular weight is 404 g/mol. The number of rotatable bonds is 8. The lowest BCUT2D eigenvalue weighted by Gasteiger charge is -2.07. The minimum atomic E-state index is -0.575. The number of ether oxygens (including phenoxy) is 1. The molecule has 0 aliphatic carbocycles. The molecule has 0 radical (unpaired) electrons. The van der Waals surface area contributed by atoms with E-state index in [0.29, 0.717) is 11.3 Å². The predicted molar refractivity (Wildman–Crippen MR) is 110 cm³/mol. The quantitative estimate of drug-likeness (QED) is 0.305. The fourth-order valence-corrected chi connectivity index (χ4v) is 2.85. The summed E-state index contributed by atoms with van der Waals surface area (Å²) in [5.41, 5.74) is 0.567. The summed E-state index contributed by atoms with van der Waals surface area (Å²) in [5, 5.41) is 12.3. The third kappa shape index (κ3) is 7.94. The molecule has 0 saturated carbocycles. The van der Waals surface area contributed by atoms with Crippen LogP contribution in [-0.4, -0.2) is 35.8 Å². The van der Waals surface area contributed by atoms with Crippen molar-refractivity contribution in [3.8, 4) is 5.75 Å². The van der Waals surface area contributed by atoms with E-state index in [2.05, 4.69) is 9.99 Å². The summed E-state index contributed by atoms with van der Waals surface area (Å²) >= 11 is 1.52. The van der Waals surface area contributed by atoms with Gasteiger partial charge in [0.1, 0.15) is 18.1 Å². The minimum Gasteiger partial charge on any atom is -0.491 e. The van der Waals surface area contributed by atoms with Crippen LogP contribution in [0.2, 0.25) is 0 Å². The van der Waals surface area contributed by atoms with E-state index < -0.39 is 5.97 Å². The van der Waals surface area contributed by atoms with Crippen LogP contribution in [0, 0.1) is 0 Å². The van der Waals surface area contributed by atoms with E-state index in [9.17, 15) is 9.59 Å². The zero-order valence-corrected chi connectivity index (χ0v) is 17.3. The second-order valence-corrected chi connectivity index (χ2v) is 6.41. The largest absolute Gasteiger partial charge is 0.491 e. The van der Waals surface area contributed by atoms with Crippen molar-refractivity contribution in [1.29, 1.82) is 0 Å². The van der Waals surface area contributed by atoms with E-state index in [1.165, 1.54) is 25.6 Å². The van der Waals surface area contributed by atoms with Gasteiger partial charge in [0.15, 0.2) is 0 Å². The van der Waals surface area contributed by atoms with Crippen LogP contribution in [-0.2, 0) is 9.63 Å². The number of aliphatic hydroxyl groups excluding tert-OH is 1. The Balaban J connectivity index is 0.00000190. The van der Waals surface area contributed by atoms with Gasteiger partial charge in [0.05, 0.1) is 6.61 Å². The smallest absolute Gasteiger partial charge is 0.331 e. The third-order valence-corrected chi connectivity index (χ3v) is 4.15. The van der Waals surface area contributed by atoms with Crippen molar-refractivity contribution in [3.05, 3.63) is 54.1 Å². The van der Waals surface area contributed by atoms with E-state index >= 15 is 0 Å². The molecule has 2 aromatic carbocycles. The number of Topliss-reactive ketones (excluding diaryl/α,β-unsaturated/α-hetero) is 1. The molecule has 0 bridgehead atoms. The fraction of sp³-hybridized carbons (Fsp3) is 0.286. The Labute approximate surface area is 169 Å². The Morgan fingerprint density at radius 2 is 1.71 bits per heavy atom. The second kappa shape index (κ2) is 12.7. The molecule has 0 fully saturated rings. The molecule has 1 N–H and O–H groups in total. The molecule has 0 spiro atoms. The normalized spacial score (nSPS) is 10.5. The molecule has 0 aliphatic heterocycles. The van der Waals surface area contributed by atoms with Crippen LogP contribution in [0.15, 0.2) is 63.5 Å². The van der Waals surface area contributed by atoms with Crippen molar-refractivity contribution in [1.82, 2.24) is 0 Å². The molecule has 0 aromatic heterocycles. The molecule has 2 aromatic rings. The summed E-state index contributed by atoms with van der Waals surface area (Å²) < 4.78 is 5.39. The Bertz CT molecular complexity index is 803. The van der Waals surface area contributed by atoms with Gasteiger partial charge in [0.25, 0.3) is 0 Å². The molecule has 0 saturated heterocycles. The highest BCUT2D eigenvalue weighted by Gasteiger charge is 2.11. The molecular weight excluding hydrogens is 378 g/mol. The highest BCUT2D eigenvalue weighted by molar-refractivity contribution is 7.99. The highest BCUT2D eigenvalue weighted by Crippen LogP contribution is 2.30. The topological polar surface area (TPSA) is 85.2 Å². The number of aliphatic hydroxyl groups is 1. The fourth-order valence-electron chi connectivity index (χ4n) is 1.98. The second-order valence-electron chi connectivity index (χ2n) is 5.26. The van der Waals surface area contributed by atoms with Crippen molar-refractivity contribution in [3.63, 3.8) is 0 Å². The van der Waals surface area contributed by atoms with Gasteiger partial charge in [-0.2, -0.15) is 0 Å². The number of nitrogens with zero attached hydrogens (tertiary/aromatic N) is 1. The number of oxime groups is 1. The minimum absolute atomic E-state index is 0.0347.